The number of hydrogen-bond donors (Lipinski definition) is 1. The molecule has 1 aliphatic carbocycles. The predicted octanol–water partition coefficient (Wildman–Crippen LogP) is 3.82. The van der Waals surface area contributed by atoms with Crippen LogP contribution in [0.5, 0.6) is 5.75 Å². The largest absolute Gasteiger partial charge is 0.491 e. The van der Waals surface area contributed by atoms with E-state index in [0.717, 1.165) is 24.8 Å². The van der Waals surface area contributed by atoms with Crippen LogP contribution in [0.3, 0.4) is 0 Å². The van der Waals surface area contributed by atoms with E-state index in [1.165, 1.54) is 5.56 Å². The second-order valence-electron chi connectivity index (χ2n) is 6.98. The van der Waals surface area contributed by atoms with Gasteiger partial charge in [0.2, 0.25) is 0 Å². The van der Waals surface area contributed by atoms with Gasteiger partial charge in [0.1, 0.15) is 5.75 Å². The number of carbonyl (C=O) groups is 2. The van der Waals surface area contributed by atoms with Crippen LogP contribution in [0, 0.1) is 0 Å². The fourth-order valence-corrected chi connectivity index (χ4v) is 3.30. The second-order valence-corrected chi connectivity index (χ2v) is 6.98. The van der Waals surface area contributed by atoms with Crippen molar-refractivity contribution in [3.05, 3.63) is 65.2 Å². The molecule has 5 nitrogen and oxygen atoms in total. The van der Waals surface area contributed by atoms with E-state index >= 15 is 0 Å². The van der Waals surface area contributed by atoms with Gasteiger partial charge in [-0.25, -0.2) is 4.79 Å². The van der Waals surface area contributed by atoms with Gasteiger partial charge in [0.25, 0.3) is 5.91 Å². The lowest BCUT2D eigenvalue weighted by Gasteiger charge is -2.26. The number of aryl methyl sites for hydroxylation is 1. The van der Waals surface area contributed by atoms with Crippen LogP contribution in [0.1, 0.15) is 54.2 Å². The molecule has 5 heteroatoms. The van der Waals surface area contributed by atoms with Gasteiger partial charge in [0, 0.05) is 0 Å². The van der Waals surface area contributed by atoms with Gasteiger partial charge in [-0.05, 0) is 68.5 Å². The number of fused-ring (bicyclic) bond motifs is 1. The third-order valence-corrected chi connectivity index (χ3v) is 4.50. The summed E-state index contributed by atoms with van der Waals surface area (Å²) in [4.78, 5) is 24.4. The van der Waals surface area contributed by atoms with Crippen molar-refractivity contribution in [1.29, 1.82) is 0 Å². The van der Waals surface area contributed by atoms with Crippen LogP contribution in [-0.2, 0) is 16.0 Å². The molecule has 1 amide bonds. The van der Waals surface area contributed by atoms with Crippen LogP contribution in [0.15, 0.2) is 48.5 Å². The molecular weight excluding hydrogens is 342 g/mol. The van der Waals surface area contributed by atoms with Crippen molar-refractivity contribution >= 4 is 11.9 Å². The van der Waals surface area contributed by atoms with Crippen molar-refractivity contribution in [3.8, 4) is 5.75 Å². The molecule has 2 aromatic carbocycles. The average molecular weight is 367 g/mol. The summed E-state index contributed by atoms with van der Waals surface area (Å²) in [7, 11) is 0. The zero-order chi connectivity index (χ0) is 19.2. The molecule has 0 aliphatic heterocycles. The van der Waals surface area contributed by atoms with Gasteiger partial charge in [-0.15, -0.1) is 0 Å². The first kappa shape index (κ1) is 19.0. The fourth-order valence-electron chi connectivity index (χ4n) is 3.30. The van der Waals surface area contributed by atoms with E-state index in [9.17, 15) is 9.59 Å². The number of rotatable bonds is 6. The Labute approximate surface area is 159 Å². The highest BCUT2D eigenvalue weighted by Gasteiger charge is 2.21. The number of nitrogens with one attached hydrogen (secondary N) is 1. The minimum atomic E-state index is -0.523. The Hall–Kier alpha value is -2.82. The SMILES string of the molecule is CC(C)Oc1ccc(C(=O)OCC(=O)N[C@H]2CCCc3ccccc32)cc1. The molecule has 0 spiro atoms. The van der Waals surface area contributed by atoms with Crippen molar-refractivity contribution in [1.82, 2.24) is 5.32 Å². The molecule has 0 heterocycles. The van der Waals surface area contributed by atoms with E-state index in [1.54, 1.807) is 24.3 Å². The Morgan fingerprint density at radius 1 is 1.11 bits per heavy atom. The van der Waals surface area contributed by atoms with Crippen molar-refractivity contribution < 1.29 is 19.1 Å². The number of carbonyl (C=O) groups excluding carboxylic acids is 2. The lowest BCUT2D eigenvalue weighted by molar-refractivity contribution is -0.125. The lowest BCUT2D eigenvalue weighted by Crippen LogP contribution is -2.34. The highest BCUT2D eigenvalue weighted by molar-refractivity contribution is 5.91. The molecule has 1 N–H and O–H groups in total. The molecule has 3 rings (SSSR count). The first-order chi connectivity index (χ1) is 13.0. The van der Waals surface area contributed by atoms with Gasteiger partial charge in [-0.2, -0.15) is 0 Å². The predicted molar refractivity (Wildman–Crippen MR) is 103 cm³/mol. The van der Waals surface area contributed by atoms with Gasteiger partial charge >= 0.3 is 5.97 Å². The summed E-state index contributed by atoms with van der Waals surface area (Å²) < 4.78 is 10.7. The third kappa shape index (κ3) is 5.09. The van der Waals surface area contributed by atoms with Crippen LogP contribution in [-0.4, -0.2) is 24.6 Å². The highest BCUT2D eigenvalue weighted by atomic mass is 16.5. The topological polar surface area (TPSA) is 64.6 Å². The number of hydrogen-bond acceptors (Lipinski definition) is 4. The van der Waals surface area contributed by atoms with Crippen LogP contribution in [0.25, 0.3) is 0 Å². The summed E-state index contributed by atoms with van der Waals surface area (Å²) in [6.07, 6.45) is 3.03. The smallest absolute Gasteiger partial charge is 0.338 e. The number of esters is 1. The van der Waals surface area contributed by atoms with Gasteiger partial charge in [-0.1, -0.05) is 24.3 Å². The zero-order valence-electron chi connectivity index (χ0n) is 15.7. The van der Waals surface area contributed by atoms with Gasteiger partial charge in [-0.3, -0.25) is 4.79 Å². The molecular formula is C22H25NO4. The van der Waals surface area contributed by atoms with Crippen molar-refractivity contribution in [3.63, 3.8) is 0 Å². The van der Waals surface area contributed by atoms with Gasteiger partial charge < -0.3 is 14.8 Å². The van der Waals surface area contributed by atoms with Gasteiger partial charge in [0.15, 0.2) is 6.61 Å². The van der Waals surface area contributed by atoms with E-state index in [2.05, 4.69) is 11.4 Å². The van der Waals surface area contributed by atoms with Gasteiger partial charge in [0.05, 0.1) is 17.7 Å². The van der Waals surface area contributed by atoms with E-state index in [0.29, 0.717) is 11.3 Å². The standard InChI is InChI=1S/C22H25NO4/c1-15(2)27-18-12-10-17(11-13-18)22(25)26-14-21(24)23-20-9-5-7-16-6-3-4-8-19(16)20/h3-4,6,8,10-13,15,20H,5,7,9,14H2,1-2H3,(H,23,24)/t20-/m0/s1. The highest BCUT2D eigenvalue weighted by Crippen LogP contribution is 2.29. The Bertz CT molecular complexity index is 798. The van der Waals surface area contributed by atoms with E-state index in [4.69, 9.17) is 9.47 Å². The molecule has 2 aromatic rings. The van der Waals surface area contributed by atoms with Crippen LogP contribution < -0.4 is 10.1 Å². The summed E-state index contributed by atoms with van der Waals surface area (Å²) in [5.41, 5.74) is 2.82. The molecule has 0 saturated heterocycles. The quantitative estimate of drug-likeness (QED) is 0.788. The Morgan fingerprint density at radius 3 is 2.59 bits per heavy atom. The molecule has 0 aromatic heterocycles. The summed E-state index contributed by atoms with van der Waals surface area (Å²) >= 11 is 0. The van der Waals surface area contributed by atoms with Crippen LogP contribution in [0.2, 0.25) is 0 Å². The number of benzene rings is 2. The Balaban J connectivity index is 1.51. The molecule has 1 atom stereocenters. The molecule has 1 aliphatic rings. The maximum Gasteiger partial charge on any atom is 0.338 e. The fraction of sp³-hybridized carbons (Fsp3) is 0.364. The number of ether oxygens (including phenoxy) is 2. The van der Waals surface area contributed by atoms with Crippen molar-refractivity contribution in [2.45, 2.75) is 45.3 Å². The lowest BCUT2D eigenvalue weighted by atomic mass is 9.88. The van der Waals surface area contributed by atoms with Crippen LogP contribution in [0.4, 0.5) is 0 Å². The van der Waals surface area contributed by atoms with Crippen molar-refractivity contribution in [2.75, 3.05) is 6.61 Å². The average Bonchev–Trinajstić information content (AvgIpc) is 2.66. The monoisotopic (exact) mass is 367 g/mol. The molecule has 0 saturated carbocycles. The maximum absolute atomic E-state index is 12.2. The molecule has 142 valence electrons. The summed E-state index contributed by atoms with van der Waals surface area (Å²) in [6, 6.07) is 14.8. The minimum Gasteiger partial charge on any atom is -0.491 e. The molecule has 0 fully saturated rings. The van der Waals surface area contributed by atoms with E-state index < -0.39 is 5.97 Å². The molecule has 0 radical (unpaired) electrons. The summed E-state index contributed by atoms with van der Waals surface area (Å²) in [5.74, 6) is -0.120. The Morgan fingerprint density at radius 2 is 1.85 bits per heavy atom. The summed E-state index contributed by atoms with van der Waals surface area (Å²) in [5, 5.41) is 2.98. The Kier molecular flexibility index (Phi) is 6.12. The number of amides is 1. The molecule has 0 unspecified atom stereocenters. The van der Waals surface area contributed by atoms with E-state index in [1.807, 2.05) is 32.0 Å². The van der Waals surface area contributed by atoms with E-state index in [-0.39, 0.29) is 24.7 Å². The zero-order valence-corrected chi connectivity index (χ0v) is 15.7. The summed E-state index contributed by atoms with van der Waals surface area (Å²) in [6.45, 7) is 3.58. The first-order valence-corrected chi connectivity index (χ1v) is 9.34. The minimum absolute atomic E-state index is 0.0198. The molecule has 0 bridgehead atoms. The molecule has 27 heavy (non-hydrogen) atoms. The second kappa shape index (κ2) is 8.71. The maximum atomic E-state index is 12.2. The normalized spacial score (nSPS) is 15.7. The first-order valence-electron chi connectivity index (χ1n) is 9.34. The van der Waals surface area contributed by atoms with Crippen LogP contribution >= 0.6 is 0 Å². The van der Waals surface area contributed by atoms with Crippen molar-refractivity contribution in [2.24, 2.45) is 0 Å². The third-order valence-electron chi connectivity index (χ3n) is 4.50.